The molecule has 0 saturated carbocycles. The fourth-order valence-corrected chi connectivity index (χ4v) is 1.74. The van der Waals surface area contributed by atoms with E-state index in [9.17, 15) is 13.6 Å². The number of nitrogens with one attached hydrogen (secondary N) is 1. The summed E-state index contributed by atoms with van der Waals surface area (Å²) in [6.45, 7) is 1.44. The van der Waals surface area contributed by atoms with Crippen LogP contribution in [0.3, 0.4) is 0 Å². The third-order valence-corrected chi connectivity index (χ3v) is 2.59. The van der Waals surface area contributed by atoms with Crippen LogP contribution < -0.4 is 5.32 Å². The first-order valence-electron chi connectivity index (χ1n) is 5.14. The third kappa shape index (κ3) is 2.42. The van der Waals surface area contributed by atoms with Crippen LogP contribution >= 0.6 is 0 Å². The van der Waals surface area contributed by atoms with Gasteiger partial charge >= 0.3 is 5.97 Å². The quantitative estimate of drug-likeness (QED) is 0.822. The van der Waals surface area contributed by atoms with Crippen molar-refractivity contribution in [2.75, 3.05) is 19.7 Å². The fourth-order valence-electron chi connectivity index (χ4n) is 1.74. The van der Waals surface area contributed by atoms with Gasteiger partial charge in [0, 0.05) is 24.7 Å². The molecule has 2 rings (SSSR count). The number of ether oxygens (including phenoxy) is 1. The lowest BCUT2D eigenvalue weighted by Gasteiger charge is -2.24. The summed E-state index contributed by atoms with van der Waals surface area (Å²) in [4.78, 5) is 10.7. The van der Waals surface area contributed by atoms with Crippen LogP contribution in [0.5, 0.6) is 0 Å². The third-order valence-electron chi connectivity index (χ3n) is 2.59. The molecule has 1 unspecified atom stereocenters. The number of aromatic carboxylic acids is 1. The lowest BCUT2D eigenvalue weighted by molar-refractivity contribution is 0.0254. The first-order chi connectivity index (χ1) is 8.09. The predicted octanol–water partition coefficient (Wildman–Crippen LogP) is 1.32. The van der Waals surface area contributed by atoms with Gasteiger partial charge < -0.3 is 15.2 Å². The summed E-state index contributed by atoms with van der Waals surface area (Å²) >= 11 is 0. The number of hydrogen-bond acceptors (Lipinski definition) is 3. The number of morpholine rings is 1. The smallest absolute Gasteiger partial charge is 0.338 e. The Morgan fingerprint density at radius 3 is 2.76 bits per heavy atom. The van der Waals surface area contributed by atoms with E-state index in [1.165, 1.54) is 0 Å². The maximum Gasteiger partial charge on any atom is 0.338 e. The Morgan fingerprint density at radius 2 is 2.18 bits per heavy atom. The van der Waals surface area contributed by atoms with Crippen molar-refractivity contribution >= 4 is 5.97 Å². The van der Waals surface area contributed by atoms with E-state index in [-0.39, 0.29) is 5.56 Å². The van der Waals surface area contributed by atoms with Crippen LogP contribution in [-0.4, -0.2) is 30.8 Å². The van der Waals surface area contributed by atoms with Crippen LogP contribution in [0.1, 0.15) is 22.0 Å². The summed E-state index contributed by atoms with van der Waals surface area (Å²) in [6.07, 6.45) is -0.581. The van der Waals surface area contributed by atoms with Gasteiger partial charge in [0.05, 0.1) is 18.3 Å². The van der Waals surface area contributed by atoms with Gasteiger partial charge in [0.1, 0.15) is 11.6 Å². The minimum absolute atomic E-state index is 0.0657. The summed E-state index contributed by atoms with van der Waals surface area (Å²) in [7, 11) is 0. The van der Waals surface area contributed by atoms with Gasteiger partial charge in [0.25, 0.3) is 0 Å². The van der Waals surface area contributed by atoms with E-state index < -0.39 is 29.3 Å². The molecule has 1 fully saturated rings. The molecule has 1 saturated heterocycles. The van der Waals surface area contributed by atoms with Gasteiger partial charge in [-0.15, -0.1) is 0 Å². The monoisotopic (exact) mass is 243 g/mol. The number of hydrogen-bond donors (Lipinski definition) is 2. The van der Waals surface area contributed by atoms with Crippen LogP contribution in [0.4, 0.5) is 8.78 Å². The van der Waals surface area contributed by atoms with Gasteiger partial charge in [0.15, 0.2) is 0 Å². The zero-order valence-electron chi connectivity index (χ0n) is 8.87. The SMILES string of the molecule is O=C(O)c1cc(C2CNCCO2)c(F)cc1F. The molecule has 1 aliphatic rings. The highest BCUT2D eigenvalue weighted by atomic mass is 19.1. The summed E-state index contributed by atoms with van der Waals surface area (Å²) in [5.74, 6) is -3.30. The maximum absolute atomic E-state index is 13.5. The molecule has 0 aliphatic carbocycles. The van der Waals surface area contributed by atoms with E-state index >= 15 is 0 Å². The van der Waals surface area contributed by atoms with Crippen molar-refractivity contribution in [3.63, 3.8) is 0 Å². The summed E-state index contributed by atoms with van der Waals surface area (Å²) in [5.41, 5.74) is -0.480. The first kappa shape index (κ1) is 11.9. The average molecular weight is 243 g/mol. The van der Waals surface area contributed by atoms with Gasteiger partial charge in [0.2, 0.25) is 0 Å². The Hall–Kier alpha value is -1.53. The highest BCUT2D eigenvalue weighted by Gasteiger charge is 2.23. The van der Waals surface area contributed by atoms with E-state index in [0.29, 0.717) is 25.8 Å². The standard InChI is InChI=1S/C11H11F2NO3/c12-8-4-9(13)7(11(15)16)3-6(8)10-5-14-1-2-17-10/h3-4,10,14H,1-2,5H2,(H,15,16). The molecule has 2 N–H and O–H groups in total. The normalized spacial score (nSPS) is 20.2. The molecule has 1 heterocycles. The fraction of sp³-hybridized carbons (Fsp3) is 0.364. The molecule has 0 spiro atoms. The molecule has 0 radical (unpaired) electrons. The van der Waals surface area contributed by atoms with E-state index in [1.807, 2.05) is 0 Å². The van der Waals surface area contributed by atoms with E-state index in [4.69, 9.17) is 9.84 Å². The largest absolute Gasteiger partial charge is 0.478 e. The average Bonchev–Trinajstić information content (AvgIpc) is 2.29. The molecule has 0 amide bonds. The molecule has 17 heavy (non-hydrogen) atoms. The van der Waals surface area contributed by atoms with Crippen LogP contribution in [0, 0.1) is 11.6 Å². The maximum atomic E-state index is 13.5. The molecule has 1 aromatic rings. The zero-order chi connectivity index (χ0) is 12.4. The van der Waals surface area contributed by atoms with Crippen LogP contribution in [0.15, 0.2) is 12.1 Å². The second-order valence-corrected chi connectivity index (χ2v) is 3.72. The molecule has 0 aromatic heterocycles. The Labute approximate surface area is 96.2 Å². The summed E-state index contributed by atoms with van der Waals surface area (Å²) in [6, 6.07) is 1.57. The minimum atomic E-state index is -1.42. The molecule has 1 aromatic carbocycles. The van der Waals surface area contributed by atoms with Crippen molar-refractivity contribution in [1.82, 2.24) is 5.32 Å². The van der Waals surface area contributed by atoms with Crippen LogP contribution in [-0.2, 0) is 4.74 Å². The Bertz CT molecular complexity index is 445. The first-order valence-corrected chi connectivity index (χ1v) is 5.14. The number of benzene rings is 1. The minimum Gasteiger partial charge on any atom is -0.478 e. The molecule has 1 aliphatic heterocycles. The zero-order valence-corrected chi connectivity index (χ0v) is 8.87. The lowest BCUT2D eigenvalue weighted by Crippen LogP contribution is -2.34. The van der Waals surface area contributed by atoms with Crippen molar-refractivity contribution in [2.24, 2.45) is 0 Å². The predicted molar refractivity (Wildman–Crippen MR) is 54.9 cm³/mol. The molecule has 0 bridgehead atoms. The Balaban J connectivity index is 2.38. The number of carbonyl (C=O) groups is 1. The molecular weight excluding hydrogens is 232 g/mol. The van der Waals surface area contributed by atoms with Crippen molar-refractivity contribution in [3.05, 3.63) is 34.9 Å². The van der Waals surface area contributed by atoms with E-state index in [0.717, 1.165) is 6.07 Å². The van der Waals surface area contributed by atoms with E-state index in [2.05, 4.69) is 5.32 Å². The van der Waals surface area contributed by atoms with Crippen LogP contribution in [0.2, 0.25) is 0 Å². The van der Waals surface area contributed by atoms with Crippen molar-refractivity contribution in [3.8, 4) is 0 Å². The second kappa shape index (κ2) is 4.77. The lowest BCUT2D eigenvalue weighted by atomic mass is 10.0. The molecule has 1 atom stereocenters. The summed E-state index contributed by atoms with van der Waals surface area (Å²) < 4.78 is 32.0. The molecule has 4 nitrogen and oxygen atoms in total. The van der Waals surface area contributed by atoms with Gasteiger partial charge in [-0.05, 0) is 6.07 Å². The molecule has 92 valence electrons. The van der Waals surface area contributed by atoms with Crippen molar-refractivity contribution in [2.45, 2.75) is 6.10 Å². The molecular formula is C11H11F2NO3. The highest BCUT2D eigenvalue weighted by molar-refractivity contribution is 5.88. The number of carboxylic acids is 1. The van der Waals surface area contributed by atoms with Gasteiger partial charge in [-0.3, -0.25) is 0 Å². The number of halogens is 2. The van der Waals surface area contributed by atoms with Crippen molar-refractivity contribution < 1.29 is 23.4 Å². The van der Waals surface area contributed by atoms with Gasteiger partial charge in [-0.25, -0.2) is 13.6 Å². The summed E-state index contributed by atoms with van der Waals surface area (Å²) in [5, 5.41) is 11.8. The Morgan fingerprint density at radius 1 is 1.41 bits per heavy atom. The van der Waals surface area contributed by atoms with E-state index in [1.54, 1.807) is 0 Å². The second-order valence-electron chi connectivity index (χ2n) is 3.72. The number of rotatable bonds is 2. The van der Waals surface area contributed by atoms with Gasteiger partial charge in [-0.1, -0.05) is 0 Å². The van der Waals surface area contributed by atoms with Gasteiger partial charge in [-0.2, -0.15) is 0 Å². The van der Waals surface area contributed by atoms with Crippen LogP contribution in [0.25, 0.3) is 0 Å². The number of carboxylic acid groups (broad SMARTS) is 1. The Kier molecular flexibility index (Phi) is 3.35. The molecule has 6 heteroatoms. The highest BCUT2D eigenvalue weighted by Crippen LogP contribution is 2.24. The topological polar surface area (TPSA) is 58.6 Å². The van der Waals surface area contributed by atoms with Crippen molar-refractivity contribution in [1.29, 1.82) is 0 Å².